The maximum atomic E-state index is 6.50. The summed E-state index contributed by atoms with van der Waals surface area (Å²) in [5.74, 6) is 1.20. The van der Waals surface area contributed by atoms with E-state index in [4.69, 9.17) is 24.4 Å². The number of aromatic nitrogens is 6. The maximum absolute atomic E-state index is 6.50. The van der Waals surface area contributed by atoms with Gasteiger partial charge in [-0.25, -0.2) is 19.9 Å². The van der Waals surface area contributed by atoms with Crippen LogP contribution in [0.2, 0.25) is 0 Å². The molecule has 0 aliphatic rings. The highest BCUT2D eigenvalue weighted by Crippen LogP contribution is 2.42. The molecule has 5 aromatic heterocycles. The molecule has 0 spiro atoms. The summed E-state index contributed by atoms with van der Waals surface area (Å²) < 4.78 is 10.9. The highest BCUT2D eigenvalue weighted by molar-refractivity contribution is 6.26. The van der Waals surface area contributed by atoms with Gasteiger partial charge >= 0.3 is 0 Å². The van der Waals surface area contributed by atoms with Crippen molar-refractivity contribution in [3.8, 4) is 23.2 Å². The van der Waals surface area contributed by atoms with Crippen LogP contribution in [0.1, 0.15) is 0 Å². The lowest BCUT2D eigenvalue weighted by molar-refractivity contribution is 0.666. The van der Waals surface area contributed by atoms with Crippen LogP contribution in [0.15, 0.2) is 150 Å². The maximum Gasteiger partial charge on any atom is 0.236 e. The summed E-state index contributed by atoms with van der Waals surface area (Å²) >= 11 is 0. The molecular formula is C42H24N6O. The van der Waals surface area contributed by atoms with Crippen LogP contribution in [0.3, 0.4) is 0 Å². The largest absolute Gasteiger partial charge is 0.452 e. The number of rotatable bonds is 3. The molecule has 7 nitrogen and oxygen atoms in total. The van der Waals surface area contributed by atoms with Gasteiger partial charge in [0, 0.05) is 44.9 Å². The molecule has 0 radical (unpaired) electrons. The van der Waals surface area contributed by atoms with Crippen molar-refractivity contribution in [1.29, 1.82) is 0 Å². The predicted molar refractivity (Wildman–Crippen MR) is 197 cm³/mol. The van der Waals surface area contributed by atoms with E-state index < -0.39 is 0 Å². The zero-order chi connectivity index (χ0) is 32.1. The lowest BCUT2D eigenvalue weighted by Gasteiger charge is -2.10. The minimum absolute atomic E-state index is 0.575. The Morgan fingerprint density at radius 2 is 1.20 bits per heavy atom. The third kappa shape index (κ3) is 3.66. The van der Waals surface area contributed by atoms with Gasteiger partial charge in [-0.15, -0.1) is 0 Å². The Bertz CT molecular complexity index is 3120. The molecule has 0 amide bonds. The first kappa shape index (κ1) is 26.2. The Morgan fingerprint density at radius 3 is 2.06 bits per heavy atom. The molecular weight excluding hydrogens is 605 g/mol. The van der Waals surface area contributed by atoms with Gasteiger partial charge in [-0.2, -0.15) is 0 Å². The van der Waals surface area contributed by atoms with E-state index in [9.17, 15) is 0 Å². The molecule has 0 aliphatic heterocycles. The first-order chi connectivity index (χ1) is 24.3. The molecule has 0 saturated carbocycles. The summed E-state index contributed by atoms with van der Waals surface area (Å²) in [4.78, 5) is 20.0. The van der Waals surface area contributed by atoms with E-state index in [-0.39, 0.29) is 0 Å². The third-order valence-electron chi connectivity index (χ3n) is 9.65. The predicted octanol–water partition coefficient (Wildman–Crippen LogP) is 10.2. The van der Waals surface area contributed by atoms with E-state index in [1.165, 1.54) is 5.39 Å². The van der Waals surface area contributed by atoms with Gasteiger partial charge < -0.3 is 4.42 Å². The standard InChI is InChI=1S/C42H24N6O/c1-2-11-26-24-27(19-18-25(26)10-1)37-40-38(31-14-5-8-17-35(31)49-40)46-42(45-37)47-33-16-7-4-13-30(33)36-34(47)21-20-29-28-12-3-6-15-32(28)48(39(29)36)41-43-22-9-23-44-41/h1-24H. The van der Waals surface area contributed by atoms with E-state index in [0.29, 0.717) is 17.5 Å². The second kappa shape index (κ2) is 9.82. The van der Waals surface area contributed by atoms with Crippen molar-refractivity contribution in [2.45, 2.75) is 0 Å². The van der Waals surface area contributed by atoms with E-state index in [1.807, 2.05) is 24.3 Å². The summed E-state index contributed by atoms with van der Waals surface area (Å²) in [5, 5.41) is 7.72. The van der Waals surface area contributed by atoms with Crippen molar-refractivity contribution in [1.82, 2.24) is 29.1 Å². The molecule has 11 aromatic rings. The van der Waals surface area contributed by atoms with Crippen molar-refractivity contribution in [3.63, 3.8) is 0 Å². The lowest BCUT2D eigenvalue weighted by atomic mass is 10.0. The topological polar surface area (TPSA) is 74.6 Å². The summed E-state index contributed by atoms with van der Waals surface area (Å²) in [5.41, 5.74) is 8.04. The SMILES string of the molecule is c1cnc(-n2c3ccccc3c3ccc4c(c5ccccc5n4-c4nc(-c5ccc6ccccc6c5)c5oc6ccccc6c5n4)c32)nc1. The number of hydrogen-bond donors (Lipinski definition) is 0. The number of nitrogens with zero attached hydrogens (tertiary/aromatic N) is 6. The number of para-hydroxylation sites is 3. The molecule has 0 atom stereocenters. The summed E-state index contributed by atoms with van der Waals surface area (Å²) in [6.45, 7) is 0. The van der Waals surface area contributed by atoms with Crippen LogP contribution in [-0.2, 0) is 0 Å². The highest BCUT2D eigenvalue weighted by Gasteiger charge is 2.24. The van der Waals surface area contributed by atoms with E-state index in [1.54, 1.807) is 12.4 Å². The van der Waals surface area contributed by atoms with Crippen LogP contribution in [0.5, 0.6) is 0 Å². The molecule has 5 heterocycles. The fraction of sp³-hybridized carbons (Fsp3) is 0. The van der Waals surface area contributed by atoms with Crippen LogP contribution in [0.25, 0.3) is 99.6 Å². The Balaban J connectivity index is 1.29. The van der Waals surface area contributed by atoms with Gasteiger partial charge in [0.25, 0.3) is 0 Å². The van der Waals surface area contributed by atoms with Gasteiger partial charge in [0.2, 0.25) is 11.9 Å². The quantitative estimate of drug-likeness (QED) is 0.195. The fourth-order valence-corrected chi connectivity index (χ4v) is 7.55. The molecule has 0 fully saturated rings. The first-order valence-electron chi connectivity index (χ1n) is 16.2. The molecule has 0 unspecified atom stereocenters. The zero-order valence-corrected chi connectivity index (χ0v) is 25.9. The van der Waals surface area contributed by atoms with Crippen LogP contribution in [-0.4, -0.2) is 29.1 Å². The monoisotopic (exact) mass is 628 g/mol. The van der Waals surface area contributed by atoms with Crippen molar-refractivity contribution in [2.24, 2.45) is 0 Å². The van der Waals surface area contributed by atoms with Gasteiger partial charge in [0.05, 0.1) is 22.1 Å². The molecule has 6 aromatic carbocycles. The number of fused-ring (bicyclic) bond motifs is 11. The van der Waals surface area contributed by atoms with Crippen molar-refractivity contribution in [3.05, 3.63) is 146 Å². The first-order valence-corrected chi connectivity index (χ1v) is 16.2. The van der Waals surface area contributed by atoms with Gasteiger partial charge in [0.1, 0.15) is 16.8 Å². The zero-order valence-electron chi connectivity index (χ0n) is 25.9. The fourth-order valence-electron chi connectivity index (χ4n) is 7.55. The van der Waals surface area contributed by atoms with Gasteiger partial charge in [0.15, 0.2) is 5.58 Å². The van der Waals surface area contributed by atoms with Crippen molar-refractivity contribution >= 4 is 76.5 Å². The molecule has 7 heteroatoms. The Labute approximate surface area is 278 Å². The van der Waals surface area contributed by atoms with Gasteiger partial charge in [-0.3, -0.25) is 9.13 Å². The molecule has 228 valence electrons. The van der Waals surface area contributed by atoms with Gasteiger partial charge in [-0.05, 0) is 53.2 Å². The molecule has 49 heavy (non-hydrogen) atoms. The van der Waals surface area contributed by atoms with Crippen LogP contribution < -0.4 is 0 Å². The lowest BCUT2D eigenvalue weighted by Crippen LogP contribution is -2.03. The van der Waals surface area contributed by atoms with Crippen LogP contribution in [0, 0.1) is 0 Å². The molecule has 0 aliphatic carbocycles. The molecule has 0 saturated heterocycles. The van der Waals surface area contributed by atoms with E-state index in [0.717, 1.165) is 76.7 Å². The van der Waals surface area contributed by atoms with Crippen molar-refractivity contribution in [2.75, 3.05) is 0 Å². The number of furan rings is 1. The van der Waals surface area contributed by atoms with E-state index >= 15 is 0 Å². The number of hydrogen-bond acceptors (Lipinski definition) is 5. The summed E-state index contributed by atoms with van der Waals surface area (Å²) in [6, 6.07) is 46.0. The average molecular weight is 629 g/mol. The van der Waals surface area contributed by atoms with Crippen LogP contribution in [0.4, 0.5) is 0 Å². The molecule has 0 bridgehead atoms. The summed E-state index contributed by atoms with van der Waals surface area (Å²) in [7, 11) is 0. The van der Waals surface area contributed by atoms with Gasteiger partial charge in [-0.1, -0.05) is 91.0 Å². The minimum Gasteiger partial charge on any atom is -0.452 e. The van der Waals surface area contributed by atoms with Crippen LogP contribution >= 0.6 is 0 Å². The molecule has 0 N–H and O–H groups in total. The Hall–Kier alpha value is -6.86. The Morgan fingerprint density at radius 1 is 0.490 bits per heavy atom. The van der Waals surface area contributed by atoms with E-state index in [2.05, 4.69) is 118 Å². The Kier molecular flexibility index (Phi) is 5.26. The highest BCUT2D eigenvalue weighted by atomic mass is 16.3. The van der Waals surface area contributed by atoms with Crippen molar-refractivity contribution < 1.29 is 4.42 Å². The number of benzene rings is 6. The molecule has 11 rings (SSSR count). The minimum atomic E-state index is 0.575. The third-order valence-corrected chi connectivity index (χ3v) is 9.65. The average Bonchev–Trinajstić information content (AvgIpc) is 3.82. The second-order valence-electron chi connectivity index (χ2n) is 12.3. The second-order valence-corrected chi connectivity index (χ2v) is 12.3. The summed E-state index contributed by atoms with van der Waals surface area (Å²) in [6.07, 6.45) is 3.58. The normalized spacial score (nSPS) is 12.1. The smallest absolute Gasteiger partial charge is 0.236 e.